The van der Waals surface area contributed by atoms with Crippen LogP contribution in [0.3, 0.4) is 0 Å². The van der Waals surface area contributed by atoms with Gasteiger partial charge in [0.2, 0.25) is 5.43 Å². The van der Waals surface area contributed by atoms with Crippen molar-refractivity contribution < 1.29 is 9.72 Å². The molecule has 162 valence electrons. The van der Waals surface area contributed by atoms with Crippen molar-refractivity contribution in [1.82, 2.24) is 19.2 Å². The normalized spacial score (nSPS) is 11.1. The standard InChI is InChI=1S/C21H18N6O5/c1-4-25-10-16(18(28)14-7-5-11(2)22-19(14)25)20(29)24-26-12(3)23-17-8-6-13(27(31)32)9-15(17)21(26)30/h5-10H,4H2,1-3H3,(H,24,29). The number of nitrogens with one attached hydrogen (secondary N) is 1. The van der Waals surface area contributed by atoms with Gasteiger partial charge in [-0.25, -0.2) is 14.6 Å². The summed E-state index contributed by atoms with van der Waals surface area (Å²) in [5.41, 5.74) is 2.18. The van der Waals surface area contributed by atoms with Gasteiger partial charge in [0, 0.05) is 30.6 Å². The molecule has 0 saturated heterocycles. The molecule has 0 saturated carbocycles. The summed E-state index contributed by atoms with van der Waals surface area (Å²) in [6.45, 7) is 5.62. The van der Waals surface area contributed by atoms with Crippen LogP contribution < -0.4 is 16.4 Å². The summed E-state index contributed by atoms with van der Waals surface area (Å²) in [7, 11) is 0. The van der Waals surface area contributed by atoms with Crippen LogP contribution in [0.5, 0.6) is 0 Å². The van der Waals surface area contributed by atoms with Gasteiger partial charge in [-0.3, -0.25) is 29.9 Å². The van der Waals surface area contributed by atoms with Crippen molar-refractivity contribution in [2.45, 2.75) is 27.3 Å². The first-order chi connectivity index (χ1) is 15.2. The minimum absolute atomic E-state index is 0.0331. The molecule has 0 atom stereocenters. The van der Waals surface area contributed by atoms with Gasteiger partial charge in [0.05, 0.1) is 21.2 Å². The molecule has 11 nitrogen and oxygen atoms in total. The van der Waals surface area contributed by atoms with Crippen molar-refractivity contribution in [3.05, 3.63) is 84.3 Å². The highest BCUT2D eigenvalue weighted by Gasteiger charge is 2.19. The van der Waals surface area contributed by atoms with E-state index in [-0.39, 0.29) is 33.4 Å². The van der Waals surface area contributed by atoms with Crippen molar-refractivity contribution >= 4 is 33.5 Å². The Bertz CT molecular complexity index is 1550. The first kappa shape index (κ1) is 20.8. The van der Waals surface area contributed by atoms with Gasteiger partial charge in [-0.2, -0.15) is 0 Å². The molecule has 3 heterocycles. The fourth-order valence-electron chi connectivity index (χ4n) is 3.45. The van der Waals surface area contributed by atoms with Crippen LogP contribution in [0.1, 0.15) is 28.8 Å². The number of aryl methyl sites for hydroxylation is 3. The van der Waals surface area contributed by atoms with E-state index in [1.165, 1.54) is 25.3 Å². The number of aromatic nitrogens is 4. The van der Waals surface area contributed by atoms with Crippen molar-refractivity contribution in [3.8, 4) is 0 Å². The van der Waals surface area contributed by atoms with E-state index in [1.807, 2.05) is 6.92 Å². The molecule has 3 aromatic heterocycles. The molecule has 0 fully saturated rings. The summed E-state index contributed by atoms with van der Waals surface area (Å²) < 4.78 is 2.55. The average molecular weight is 434 g/mol. The van der Waals surface area contributed by atoms with E-state index < -0.39 is 21.8 Å². The highest BCUT2D eigenvalue weighted by molar-refractivity contribution is 6.02. The maximum Gasteiger partial charge on any atom is 0.280 e. The Labute approximate surface area is 180 Å². The van der Waals surface area contributed by atoms with Crippen LogP contribution in [0.4, 0.5) is 5.69 Å². The second kappa shape index (κ2) is 7.69. The number of fused-ring (bicyclic) bond motifs is 2. The maximum atomic E-state index is 13.0. The van der Waals surface area contributed by atoms with Gasteiger partial charge in [-0.1, -0.05) is 0 Å². The lowest BCUT2D eigenvalue weighted by atomic mass is 10.1. The number of rotatable bonds is 4. The fourth-order valence-corrected chi connectivity index (χ4v) is 3.45. The number of benzene rings is 1. The Morgan fingerprint density at radius 2 is 1.88 bits per heavy atom. The quantitative estimate of drug-likeness (QED) is 0.382. The third-order valence-corrected chi connectivity index (χ3v) is 5.09. The van der Waals surface area contributed by atoms with E-state index in [0.29, 0.717) is 12.2 Å². The number of non-ortho nitro benzene ring substituents is 1. The smallest absolute Gasteiger partial charge is 0.280 e. The van der Waals surface area contributed by atoms with Gasteiger partial charge in [-0.15, -0.1) is 0 Å². The zero-order valence-electron chi connectivity index (χ0n) is 17.4. The summed E-state index contributed by atoms with van der Waals surface area (Å²) in [4.78, 5) is 57.9. The average Bonchev–Trinajstić information content (AvgIpc) is 2.76. The largest absolute Gasteiger partial charge is 0.332 e. The highest BCUT2D eigenvalue weighted by Crippen LogP contribution is 2.17. The van der Waals surface area contributed by atoms with E-state index in [9.17, 15) is 24.5 Å². The van der Waals surface area contributed by atoms with Crippen molar-refractivity contribution in [1.29, 1.82) is 0 Å². The summed E-state index contributed by atoms with van der Waals surface area (Å²) >= 11 is 0. The van der Waals surface area contributed by atoms with Gasteiger partial charge >= 0.3 is 0 Å². The number of nitro benzene ring substituents is 1. The van der Waals surface area contributed by atoms with Crippen LogP contribution >= 0.6 is 0 Å². The lowest BCUT2D eigenvalue weighted by molar-refractivity contribution is -0.384. The Hall–Kier alpha value is -4.41. The fraction of sp³-hybridized carbons (Fsp3) is 0.190. The number of nitrogens with zero attached hydrogens (tertiary/aromatic N) is 5. The van der Waals surface area contributed by atoms with E-state index >= 15 is 0 Å². The van der Waals surface area contributed by atoms with Gasteiger partial charge < -0.3 is 4.57 Å². The zero-order valence-corrected chi connectivity index (χ0v) is 17.4. The molecule has 0 aliphatic rings. The number of hydrogen-bond donors (Lipinski definition) is 1. The molecule has 0 unspecified atom stereocenters. The van der Waals surface area contributed by atoms with Gasteiger partial charge in [-0.05, 0) is 39.0 Å². The molecule has 1 aromatic carbocycles. The third kappa shape index (κ3) is 3.39. The van der Waals surface area contributed by atoms with Crippen LogP contribution in [0.15, 0.2) is 46.1 Å². The van der Waals surface area contributed by atoms with Crippen LogP contribution in [0, 0.1) is 24.0 Å². The van der Waals surface area contributed by atoms with Gasteiger partial charge in [0.15, 0.2) is 0 Å². The van der Waals surface area contributed by atoms with Crippen LogP contribution in [0.25, 0.3) is 21.9 Å². The second-order valence-corrected chi connectivity index (χ2v) is 7.18. The molecule has 0 aliphatic carbocycles. The van der Waals surface area contributed by atoms with E-state index in [2.05, 4.69) is 15.4 Å². The first-order valence-corrected chi connectivity index (χ1v) is 9.71. The SMILES string of the molecule is CCn1cc(C(=O)Nn2c(C)nc3ccc([N+](=O)[O-])cc3c2=O)c(=O)c2ccc(C)nc21. The summed E-state index contributed by atoms with van der Waals surface area (Å²) in [6.07, 6.45) is 1.39. The molecule has 11 heteroatoms. The number of pyridine rings is 2. The van der Waals surface area contributed by atoms with Gasteiger partial charge in [0.25, 0.3) is 17.2 Å². The molecule has 0 radical (unpaired) electrons. The van der Waals surface area contributed by atoms with E-state index in [0.717, 1.165) is 16.4 Å². The summed E-state index contributed by atoms with van der Waals surface area (Å²) in [5.74, 6) is -0.657. The Morgan fingerprint density at radius 3 is 2.56 bits per heavy atom. The predicted octanol–water partition coefficient (Wildman–Crippen LogP) is 2.04. The van der Waals surface area contributed by atoms with Gasteiger partial charge in [0.1, 0.15) is 17.0 Å². The maximum absolute atomic E-state index is 13.0. The highest BCUT2D eigenvalue weighted by atomic mass is 16.6. The number of amides is 1. The number of nitro groups is 1. The lowest BCUT2D eigenvalue weighted by Gasteiger charge is -2.14. The molecular weight excluding hydrogens is 416 g/mol. The van der Waals surface area contributed by atoms with E-state index in [1.54, 1.807) is 23.6 Å². The van der Waals surface area contributed by atoms with Crippen molar-refractivity contribution in [3.63, 3.8) is 0 Å². The lowest BCUT2D eigenvalue weighted by Crippen LogP contribution is -2.37. The van der Waals surface area contributed by atoms with Crippen LogP contribution in [-0.2, 0) is 6.54 Å². The Kier molecular flexibility index (Phi) is 5.01. The second-order valence-electron chi connectivity index (χ2n) is 7.18. The molecule has 0 aliphatic heterocycles. The molecule has 0 bridgehead atoms. The molecular formula is C21H18N6O5. The number of hydrogen-bond acceptors (Lipinski definition) is 7. The summed E-state index contributed by atoms with van der Waals surface area (Å²) in [6, 6.07) is 7.00. The third-order valence-electron chi connectivity index (χ3n) is 5.09. The Balaban J connectivity index is 1.84. The molecule has 1 amide bonds. The van der Waals surface area contributed by atoms with Crippen molar-refractivity contribution in [2.75, 3.05) is 5.43 Å². The first-order valence-electron chi connectivity index (χ1n) is 9.71. The zero-order chi connectivity index (χ0) is 23.2. The number of carbonyl (C=O) groups is 1. The predicted molar refractivity (Wildman–Crippen MR) is 117 cm³/mol. The summed E-state index contributed by atoms with van der Waals surface area (Å²) in [5, 5.41) is 11.3. The molecule has 32 heavy (non-hydrogen) atoms. The molecule has 0 spiro atoms. The molecule has 4 aromatic rings. The monoisotopic (exact) mass is 434 g/mol. The molecule has 1 N–H and O–H groups in total. The van der Waals surface area contributed by atoms with Crippen molar-refractivity contribution in [2.24, 2.45) is 0 Å². The minimum atomic E-state index is -0.809. The van der Waals surface area contributed by atoms with Crippen LogP contribution in [0.2, 0.25) is 0 Å². The minimum Gasteiger partial charge on any atom is -0.332 e. The topological polar surface area (TPSA) is 142 Å². The van der Waals surface area contributed by atoms with E-state index in [4.69, 9.17) is 0 Å². The Morgan fingerprint density at radius 1 is 1.12 bits per heavy atom. The number of carbonyl (C=O) groups excluding carboxylic acids is 1. The van der Waals surface area contributed by atoms with Crippen LogP contribution in [-0.4, -0.2) is 30.0 Å². The molecule has 4 rings (SSSR count).